The number of hydrogen-bond acceptors (Lipinski definition) is 2. The fourth-order valence-electron chi connectivity index (χ4n) is 5.07. The highest BCUT2D eigenvalue weighted by atomic mass is 16.2. The van der Waals surface area contributed by atoms with Crippen LogP contribution in [0.3, 0.4) is 0 Å². The number of amides is 1. The Hall–Kier alpha value is -1.87. The molecule has 0 aliphatic heterocycles. The fourth-order valence-corrected chi connectivity index (χ4v) is 5.07. The highest BCUT2D eigenvalue weighted by Crippen LogP contribution is 2.42. The monoisotopic (exact) mass is 336 g/mol. The molecule has 2 aliphatic rings. The number of nitrogens with zero attached hydrogens (tertiary/aromatic N) is 1. The first-order chi connectivity index (χ1) is 12.1. The minimum Gasteiger partial charge on any atom is -0.341 e. The molecule has 2 aromatic rings. The molecule has 3 nitrogen and oxygen atoms in total. The average molecular weight is 336 g/mol. The van der Waals surface area contributed by atoms with E-state index in [4.69, 9.17) is 5.73 Å². The highest BCUT2D eigenvalue weighted by molar-refractivity contribution is 5.86. The van der Waals surface area contributed by atoms with E-state index in [-0.39, 0.29) is 5.92 Å². The van der Waals surface area contributed by atoms with Crippen LogP contribution >= 0.6 is 0 Å². The van der Waals surface area contributed by atoms with Gasteiger partial charge in [-0.05, 0) is 53.9 Å². The molecule has 2 aromatic carbocycles. The highest BCUT2D eigenvalue weighted by Gasteiger charge is 2.41. The molecule has 2 atom stereocenters. The lowest BCUT2D eigenvalue weighted by Crippen LogP contribution is -2.49. The van der Waals surface area contributed by atoms with Crippen molar-refractivity contribution < 1.29 is 4.79 Å². The van der Waals surface area contributed by atoms with Crippen LogP contribution in [0, 0.1) is 17.8 Å². The number of nitrogens with two attached hydrogens (primary N) is 1. The van der Waals surface area contributed by atoms with E-state index in [2.05, 4.69) is 42.5 Å². The molecule has 0 heterocycles. The summed E-state index contributed by atoms with van der Waals surface area (Å²) in [6.45, 7) is 0.679. The Labute approximate surface area is 150 Å². The van der Waals surface area contributed by atoms with Gasteiger partial charge in [0.2, 0.25) is 5.91 Å². The predicted molar refractivity (Wildman–Crippen MR) is 102 cm³/mol. The van der Waals surface area contributed by atoms with Crippen molar-refractivity contribution in [3.8, 4) is 0 Å². The molecule has 2 saturated carbocycles. The standard InChI is InChI=1S/C22H28N2O/c1-24(14-18-10-4-7-15-6-2-3-11-20(15)18)22(25)19-12-16-8-5-9-17(13-19)21(16)23/h2-4,6-7,10-11,16-17,19,21H,5,8-9,12-14,23H2,1H3. The van der Waals surface area contributed by atoms with Gasteiger partial charge in [-0.3, -0.25) is 4.79 Å². The molecule has 0 saturated heterocycles. The van der Waals surface area contributed by atoms with E-state index in [1.807, 2.05) is 11.9 Å². The van der Waals surface area contributed by atoms with E-state index in [1.54, 1.807) is 0 Å². The molecule has 2 N–H and O–H groups in total. The maximum atomic E-state index is 13.1. The minimum atomic E-state index is 0.162. The van der Waals surface area contributed by atoms with E-state index in [9.17, 15) is 4.79 Å². The Morgan fingerprint density at radius 3 is 2.52 bits per heavy atom. The number of fused-ring (bicyclic) bond motifs is 3. The molecule has 3 heteroatoms. The SMILES string of the molecule is CN(Cc1cccc2ccccc12)C(=O)C1CC2CCCC(C1)C2N. The molecule has 25 heavy (non-hydrogen) atoms. The quantitative estimate of drug-likeness (QED) is 0.922. The Balaban J connectivity index is 1.49. The fraction of sp³-hybridized carbons (Fsp3) is 0.500. The van der Waals surface area contributed by atoms with Gasteiger partial charge in [-0.25, -0.2) is 0 Å². The van der Waals surface area contributed by atoms with E-state index < -0.39 is 0 Å². The third-order valence-corrected chi connectivity index (χ3v) is 6.43. The van der Waals surface area contributed by atoms with E-state index in [0.717, 1.165) is 12.8 Å². The molecule has 0 radical (unpaired) electrons. The van der Waals surface area contributed by atoms with Crippen molar-refractivity contribution in [1.82, 2.24) is 4.90 Å². The molecule has 4 rings (SSSR count). The van der Waals surface area contributed by atoms with Crippen LogP contribution in [0.2, 0.25) is 0 Å². The van der Waals surface area contributed by atoms with Crippen molar-refractivity contribution in [3.05, 3.63) is 48.0 Å². The number of carbonyl (C=O) groups is 1. The molecule has 1 amide bonds. The largest absolute Gasteiger partial charge is 0.341 e. The van der Waals surface area contributed by atoms with Crippen LogP contribution < -0.4 is 5.73 Å². The van der Waals surface area contributed by atoms with Gasteiger partial charge in [-0.2, -0.15) is 0 Å². The molecule has 2 bridgehead atoms. The molecular formula is C22H28N2O. The van der Waals surface area contributed by atoms with Gasteiger partial charge in [0.25, 0.3) is 0 Å². The van der Waals surface area contributed by atoms with Gasteiger partial charge in [-0.1, -0.05) is 48.9 Å². The number of carbonyl (C=O) groups excluding carboxylic acids is 1. The van der Waals surface area contributed by atoms with Gasteiger partial charge in [0.05, 0.1) is 0 Å². The summed E-state index contributed by atoms with van der Waals surface area (Å²) in [4.78, 5) is 15.0. The second kappa shape index (κ2) is 6.80. The Morgan fingerprint density at radius 1 is 1.08 bits per heavy atom. The zero-order chi connectivity index (χ0) is 17.4. The summed E-state index contributed by atoms with van der Waals surface area (Å²) in [7, 11) is 1.95. The summed E-state index contributed by atoms with van der Waals surface area (Å²) in [5.74, 6) is 1.56. The average Bonchev–Trinajstić information content (AvgIpc) is 2.61. The summed E-state index contributed by atoms with van der Waals surface area (Å²) in [6.07, 6.45) is 5.66. The summed E-state index contributed by atoms with van der Waals surface area (Å²) >= 11 is 0. The molecule has 2 fully saturated rings. The molecule has 132 valence electrons. The van der Waals surface area contributed by atoms with Crippen LogP contribution in [0.1, 0.15) is 37.7 Å². The molecule has 2 unspecified atom stereocenters. The first-order valence-corrected chi connectivity index (χ1v) is 9.60. The summed E-state index contributed by atoms with van der Waals surface area (Å²) in [6, 6.07) is 15.1. The van der Waals surface area contributed by atoms with Crippen LogP contribution in [-0.4, -0.2) is 23.9 Å². The maximum absolute atomic E-state index is 13.1. The normalized spacial score (nSPS) is 28.7. The van der Waals surface area contributed by atoms with Crippen LogP contribution in [0.4, 0.5) is 0 Å². The lowest BCUT2D eigenvalue weighted by Gasteiger charge is -2.44. The van der Waals surface area contributed by atoms with Gasteiger partial charge in [0.15, 0.2) is 0 Å². The molecular weight excluding hydrogens is 308 g/mol. The van der Waals surface area contributed by atoms with Crippen LogP contribution in [0.15, 0.2) is 42.5 Å². The summed E-state index contributed by atoms with van der Waals surface area (Å²) in [5.41, 5.74) is 7.61. The Bertz CT molecular complexity index is 752. The van der Waals surface area contributed by atoms with Gasteiger partial charge in [-0.15, -0.1) is 0 Å². The number of hydrogen-bond donors (Lipinski definition) is 1. The molecule has 0 spiro atoms. The zero-order valence-corrected chi connectivity index (χ0v) is 15.0. The Kier molecular flexibility index (Phi) is 4.51. The van der Waals surface area contributed by atoms with Crippen molar-refractivity contribution in [2.45, 2.75) is 44.7 Å². The number of rotatable bonds is 3. The van der Waals surface area contributed by atoms with E-state index in [1.165, 1.54) is 35.6 Å². The first-order valence-electron chi connectivity index (χ1n) is 9.60. The third kappa shape index (κ3) is 3.18. The van der Waals surface area contributed by atoms with Crippen molar-refractivity contribution in [2.75, 3.05) is 7.05 Å². The van der Waals surface area contributed by atoms with Crippen LogP contribution in [-0.2, 0) is 11.3 Å². The predicted octanol–water partition coefficient (Wildman–Crippen LogP) is 3.95. The first kappa shape index (κ1) is 16.6. The van der Waals surface area contributed by atoms with E-state index >= 15 is 0 Å². The lowest BCUT2D eigenvalue weighted by molar-refractivity contribution is -0.137. The van der Waals surface area contributed by atoms with E-state index in [0.29, 0.717) is 30.3 Å². The maximum Gasteiger partial charge on any atom is 0.225 e. The molecule has 2 aliphatic carbocycles. The Morgan fingerprint density at radius 2 is 1.76 bits per heavy atom. The smallest absolute Gasteiger partial charge is 0.225 e. The topological polar surface area (TPSA) is 46.3 Å². The van der Waals surface area contributed by atoms with Crippen LogP contribution in [0.5, 0.6) is 0 Å². The minimum absolute atomic E-state index is 0.162. The second-order valence-electron chi connectivity index (χ2n) is 8.03. The number of benzene rings is 2. The van der Waals surface area contributed by atoms with Crippen molar-refractivity contribution in [2.24, 2.45) is 23.5 Å². The van der Waals surface area contributed by atoms with Crippen molar-refractivity contribution >= 4 is 16.7 Å². The summed E-state index contributed by atoms with van der Waals surface area (Å²) in [5, 5.41) is 2.48. The van der Waals surface area contributed by atoms with Gasteiger partial charge in [0, 0.05) is 25.6 Å². The van der Waals surface area contributed by atoms with Crippen LogP contribution in [0.25, 0.3) is 10.8 Å². The van der Waals surface area contributed by atoms with Gasteiger partial charge < -0.3 is 10.6 Å². The summed E-state index contributed by atoms with van der Waals surface area (Å²) < 4.78 is 0. The second-order valence-corrected chi connectivity index (χ2v) is 8.03. The zero-order valence-electron chi connectivity index (χ0n) is 15.0. The van der Waals surface area contributed by atoms with Crippen molar-refractivity contribution in [3.63, 3.8) is 0 Å². The lowest BCUT2D eigenvalue weighted by atomic mass is 9.65. The third-order valence-electron chi connectivity index (χ3n) is 6.43. The van der Waals surface area contributed by atoms with Crippen molar-refractivity contribution in [1.29, 1.82) is 0 Å². The molecule has 0 aromatic heterocycles. The van der Waals surface area contributed by atoms with Gasteiger partial charge in [0.1, 0.15) is 0 Å². The van der Waals surface area contributed by atoms with Gasteiger partial charge >= 0.3 is 0 Å².